The maximum atomic E-state index is 13.3. The summed E-state index contributed by atoms with van der Waals surface area (Å²) in [6, 6.07) is 6.17. The third-order valence-electron chi connectivity index (χ3n) is 7.07. The van der Waals surface area contributed by atoms with Gasteiger partial charge in [0.2, 0.25) is 5.88 Å². The van der Waals surface area contributed by atoms with Crippen LogP contribution in [0.2, 0.25) is 0 Å². The Bertz CT molecular complexity index is 1620. The molecule has 0 saturated heterocycles. The van der Waals surface area contributed by atoms with E-state index in [1.54, 1.807) is 50.0 Å². The number of ether oxygens (including phenoxy) is 2. The molecule has 0 radical (unpaired) electrons. The number of pyridine rings is 1. The van der Waals surface area contributed by atoms with E-state index in [0.717, 1.165) is 4.68 Å². The molecule has 5 rings (SSSR count). The number of primary amides is 1. The number of nitrogens with one attached hydrogen (secondary N) is 1. The van der Waals surface area contributed by atoms with Crippen LogP contribution in [0.5, 0.6) is 11.6 Å². The van der Waals surface area contributed by atoms with Crippen molar-refractivity contribution in [1.82, 2.24) is 29.9 Å². The fourth-order valence-corrected chi connectivity index (χ4v) is 5.00. The van der Waals surface area contributed by atoms with Crippen LogP contribution in [0.15, 0.2) is 30.5 Å². The van der Waals surface area contributed by atoms with E-state index in [2.05, 4.69) is 20.5 Å². The number of carbonyl (C=O) groups excluding carboxylic acids is 2. The fraction of sp³-hybridized carbons (Fsp3) is 0.464. The Morgan fingerprint density at radius 3 is 2.62 bits per heavy atom. The first-order valence-corrected chi connectivity index (χ1v) is 13.6. The molecule has 1 fully saturated rings. The number of rotatable bonds is 10. The van der Waals surface area contributed by atoms with Crippen molar-refractivity contribution in [3.63, 3.8) is 0 Å². The van der Waals surface area contributed by atoms with Crippen molar-refractivity contribution in [3.8, 4) is 11.6 Å². The number of benzene rings is 1. The Morgan fingerprint density at radius 1 is 1.21 bits per heavy atom. The van der Waals surface area contributed by atoms with Crippen molar-refractivity contribution in [1.29, 1.82) is 0 Å². The third kappa shape index (κ3) is 6.43. The molecule has 3 heterocycles. The number of hydrogen-bond donors (Lipinski definition) is 3. The van der Waals surface area contributed by atoms with Gasteiger partial charge < -0.3 is 25.6 Å². The SMILES string of the molecule is Cn1ncc2cc(C(N)=O)c(O[C@H]3CC[C@H](NC(=O)c4nn(CC(F)F)c5cc(OCC(C)(C)O)ccc45)CC3)nc21. The minimum absolute atomic E-state index is 0.000929. The minimum Gasteiger partial charge on any atom is -0.491 e. The monoisotopic (exact) mass is 585 g/mol. The lowest BCUT2D eigenvalue weighted by Crippen LogP contribution is -2.40. The van der Waals surface area contributed by atoms with Crippen LogP contribution in [0.25, 0.3) is 21.9 Å². The van der Waals surface area contributed by atoms with Crippen molar-refractivity contribution in [3.05, 3.63) is 41.7 Å². The van der Waals surface area contributed by atoms with Crippen LogP contribution < -0.4 is 20.5 Å². The van der Waals surface area contributed by atoms with Crippen LogP contribution in [0.4, 0.5) is 8.78 Å². The molecule has 14 heteroatoms. The lowest BCUT2D eigenvalue weighted by molar-refractivity contribution is 0.0285. The third-order valence-corrected chi connectivity index (χ3v) is 7.07. The summed E-state index contributed by atoms with van der Waals surface area (Å²) < 4.78 is 41.0. The normalized spacial score (nSPS) is 17.6. The Labute approximate surface area is 239 Å². The first-order valence-electron chi connectivity index (χ1n) is 13.6. The fourth-order valence-electron chi connectivity index (χ4n) is 5.00. The predicted molar refractivity (Wildman–Crippen MR) is 149 cm³/mol. The molecule has 12 nitrogen and oxygen atoms in total. The molecule has 0 unspecified atom stereocenters. The molecule has 3 aromatic heterocycles. The zero-order chi connectivity index (χ0) is 30.2. The van der Waals surface area contributed by atoms with Crippen LogP contribution in [0.1, 0.15) is 60.4 Å². The van der Waals surface area contributed by atoms with E-state index in [1.165, 1.54) is 6.07 Å². The summed E-state index contributed by atoms with van der Waals surface area (Å²) in [6.07, 6.45) is 0.998. The van der Waals surface area contributed by atoms with Crippen molar-refractivity contribution < 1.29 is 33.0 Å². The van der Waals surface area contributed by atoms with Crippen molar-refractivity contribution in [2.45, 2.75) is 70.2 Å². The van der Waals surface area contributed by atoms with Crippen molar-refractivity contribution in [2.75, 3.05) is 6.61 Å². The highest BCUT2D eigenvalue weighted by atomic mass is 19.3. The standard InChI is InChI=1S/C28H33F2N7O5/c1-28(2,40)14-41-18-8-9-19-21(11-18)37(13-22(29)30)35-23(19)26(39)33-16-4-6-17(7-5-16)42-27-20(24(31)38)10-15-12-32-36(3)25(15)34-27/h8-12,16-17,22,40H,4-7,13-14H2,1-3H3,(H2,31,38)(H,33,39)/t16-,17-. The number of fused-ring (bicyclic) bond motifs is 2. The van der Waals surface area contributed by atoms with Crippen LogP contribution in [-0.4, -0.2) is 72.2 Å². The van der Waals surface area contributed by atoms with E-state index in [1.807, 2.05) is 0 Å². The number of hydrogen-bond acceptors (Lipinski definition) is 8. The van der Waals surface area contributed by atoms with Gasteiger partial charge in [-0.2, -0.15) is 15.2 Å². The van der Waals surface area contributed by atoms with Gasteiger partial charge in [-0.15, -0.1) is 0 Å². The number of aliphatic hydroxyl groups is 1. The van der Waals surface area contributed by atoms with E-state index in [4.69, 9.17) is 15.2 Å². The molecule has 4 N–H and O–H groups in total. The Balaban J connectivity index is 1.26. The summed E-state index contributed by atoms with van der Waals surface area (Å²) in [5.74, 6) is -0.615. The average molecular weight is 586 g/mol. The topological polar surface area (TPSA) is 159 Å². The van der Waals surface area contributed by atoms with Crippen LogP contribution >= 0.6 is 0 Å². The second kappa shape index (κ2) is 11.5. The number of carbonyl (C=O) groups is 2. The summed E-state index contributed by atoms with van der Waals surface area (Å²) in [6.45, 7) is 2.49. The van der Waals surface area contributed by atoms with Gasteiger partial charge in [0.1, 0.15) is 30.6 Å². The maximum Gasteiger partial charge on any atom is 0.272 e. The molecule has 4 aromatic rings. The summed E-state index contributed by atoms with van der Waals surface area (Å²) in [5, 5.41) is 22.3. The van der Waals surface area contributed by atoms with Gasteiger partial charge in [-0.05, 0) is 57.7 Å². The van der Waals surface area contributed by atoms with Crippen molar-refractivity contribution in [2.24, 2.45) is 12.8 Å². The number of halogens is 2. The first-order chi connectivity index (χ1) is 19.9. The molecular formula is C28H33F2N7O5. The summed E-state index contributed by atoms with van der Waals surface area (Å²) in [7, 11) is 1.74. The average Bonchev–Trinajstić information content (AvgIpc) is 3.47. The zero-order valence-corrected chi connectivity index (χ0v) is 23.5. The number of nitrogens with zero attached hydrogens (tertiary/aromatic N) is 5. The molecule has 1 saturated carbocycles. The molecule has 0 bridgehead atoms. The Hall–Kier alpha value is -4.33. The highest BCUT2D eigenvalue weighted by molar-refractivity contribution is 6.05. The summed E-state index contributed by atoms with van der Waals surface area (Å²) in [5.41, 5.74) is 5.58. The van der Waals surface area contributed by atoms with E-state index in [9.17, 15) is 23.5 Å². The molecular weight excluding hydrogens is 552 g/mol. The maximum absolute atomic E-state index is 13.3. The molecule has 42 heavy (non-hydrogen) atoms. The van der Waals surface area contributed by atoms with Gasteiger partial charge in [0.15, 0.2) is 11.3 Å². The van der Waals surface area contributed by atoms with E-state index in [0.29, 0.717) is 53.4 Å². The summed E-state index contributed by atoms with van der Waals surface area (Å²) in [4.78, 5) is 29.7. The highest BCUT2D eigenvalue weighted by Crippen LogP contribution is 2.29. The van der Waals surface area contributed by atoms with Gasteiger partial charge in [0.05, 0.1) is 17.3 Å². The van der Waals surface area contributed by atoms with Crippen LogP contribution in [0.3, 0.4) is 0 Å². The molecule has 0 atom stereocenters. The van der Waals surface area contributed by atoms with Gasteiger partial charge in [-0.25, -0.2) is 8.78 Å². The highest BCUT2D eigenvalue weighted by Gasteiger charge is 2.28. The number of aryl methyl sites for hydroxylation is 1. The lowest BCUT2D eigenvalue weighted by Gasteiger charge is -2.29. The number of alkyl halides is 2. The van der Waals surface area contributed by atoms with Crippen LogP contribution in [0, 0.1) is 0 Å². The van der Waals surface area contributed by atoms with Gasteiger partial charge in [-0.3, -0.25) is 19.0 Å². The van der Waals surface area contributed by atoms with Crippen molar-refractivity contribution >= 4 is 33.8 Å². The first kappa shape index (κ1) is 29.2. The van der Waals surface area contributed by atoms with Gasteiger partial charge in [0, 0.05) is 29.9 Å². The van der Waals surface area contributed by atoms with Crippen LogP contribution in [-0.2, 0) is 13.6 Å². The zero-order valence-electron chi connectivity index (χ0n) is 23.5. The van der Waals surface area contributed by atoms with E-state index in [-0.39, 0.29) is 35.9 Å². The largest absolute Gasteiger partial charge is 0.491 e. The second-order valence-electron chi connectivity index (χ2n) is 11.2. The quantitative estimate of drug-likeness (QED) is 0.256. The van der Waals surface area contributed by atoms with Gasteiger partial charge >= 0.3 is 0 Å². The van der Waals surface area contributed by atoms with Gasteiger partial charge in [-0.1, -0.05) is 0 Å². The second-order valence-corrected chi connectivity index (χ2v) is 11.2. The Morgan fingerprint density at radius 2 is 1.95 bits per heavy atom. The lowest BCUT2D eigenvalue weighted by atomic mass is 9.92. The molecule has 1 aliphatic carbocycles. The summed E-state index contributed by atoms with van der Waals surface area (Å²) >= 11 is 0. The van der Waals surface area contributed by atoms with Gasteiger partial charge in [0.25, 0.3) is 18.2 Å². The Kier molecular flexibility index (Phi) is 7.99. The molecule has 1 aliphatic rings. The van der Waals surface area contributed by atoms with E-state index >= 15 is 0 Å². The number of nitrogens with two attached hydrogens (primary N) is 1. The molecule has 2 amide bonds. The molecule has 224 valence electrons. The van der Waals surface area contributed by atoms with E-state index < -0.39 is 30.4 Å². The number of amides is 2. The molecule has 0 aliphatic heterocycles. The smallest absolute Gasteiger partial charge is 0.272 e. The number of aromatic nitrogens is 5. The molecule has 0 spiro atoms. The minimum atomic E-state index is -2.68. The predicted octanol–water partition coefficient (Wildman–Crippen LogP) is 2.95. The molecule has 1 aromatic carbocycles.